The van der Waals surface area contributed by atoms with Crippen molar-refractivity contribution in [1.82, 2.24) is 0 Å². The Morgan fingerprint density at radius 3 is 2.65 bits per heavy atom. The summed E-state index contributed by atoms with van der Waals surface area (Å²) in [5, 5.41) is 8.77. The van der Waals surface area contributed by atoms with Gasteiger partial charge in [-0.2, -0.15) is 0 Å². The molecule has 0 aliphatic carbocycles. The standard InChI is InChI=1S/C13H16F2O2/c1-3-13(14,15)11-6-4-5-10(8-11)7-9(2)12(16)17/h4-6,8-9H,3,7H2,1-2H3,(H,16,17). The summed E-state index contributed by atoms with van der Waals surface area (Å²) in [5.74, 6) is -4.33. The molecular weight excluding hydrogens is 226 g/mol. The van der Waals surface area contributed by atoms with Crippen molar-refractivity contribution in [2.24, 2.45) is 5.92 Å². The normalized spacial score (nSPS) is 13.4. The van der Waals surface area contributed by atoms with E-state index in [4.69, 9.17) is 5.11 Å². The smallest absolute Gasteiger partial charge is 0.306 e. The number of aliphatic carboxylic acids is 1. The Kier molecular flexibility index (Phi) is 4.21. The second-order valence-electron chi connectivity index (χ2n) is 4.20. The number of hydrogen-bond acceptors (Lipinski definition) is 1. The summed E-state index contributed by atoms with van der Waals surface area (Å²) in [4.78, 5) is 10.7. The first-order valence-electron chi connectivity index (χ1n) is 5.57. The summed E-state index contributed by atoms with van der Waals surface area (Å²) in [6.07, 6.45) is 0.00784. The van der Waals surface area contributed by atoms with Crippen LogP contribution in [0.5, 0.6) is 0 Å². The fraction of sp³-hybridized carbons (Fsp3) is 0.462. The molecule has 4 heteroatoms. The van der Waals surface area contributed by atoms with Crippen LogP contribution in [0.25, 0.3) is 0 Å². The number of carbonyl (C=O) groups is 1. The van der Waals surface area contributed by atoms with Gasteiger partial charge >= 0.3 is 5.97 Å². The SMILES string of the molecule is CCC(F)(F)c1cccc(CC(C)C(=O)O)c1. The lowest BCUT2D eigenvalue weighted by molar-refractivity contribution is -0.141. The minimum absolute atomic E-state index is 0.0462. The summed E-state index contributed by atoms with van der Waals surface area (Å²) in [5.41, 5.74) is 0.584. The third kappa shape index (κ3) is 3.51. The maximum Gasteiger partial charge on any atom is 0.306 e. The second kappa shape index (κ2) is 5.25. The van der Waals surface area contributed by atoms with Crippen LogP contribution < -0.4 is 0 Å². The van der Waals surface area contributed by atoms with Crippen LogP contribution in [0.2, 0.25) is 0 Å². The molecule has 0 saturated carbocycles. The van der Waals surface area contributed by atoms with Crippen LogP contribution in [0.4, 0.5) is 8.78 Å². The monoisotopic (exact) mass is 242 g/mol. The van der Waals surface area contributed by atoms with Crippen molar-refractivity contribution in [2.75, 3.05) is 0 Å². The summed E-state index contributed by atoms with van der Waals surface area (Å²) < 4.78 is 26.9. The lowest BCUT2D eigenvalue weighted by Gasteiger charge is -2.15. The van der Waals surface area contributed by atoms with Crippen LogP contribution in [0.1, 0.15) is 31.4 Å². The molecule has 1 atom stereocenters. The minimum atomic E-state index is -2.84. The van der Waals surface area contributed by atoms with E-state index in [1.54, 1.807) is 19.1 Å². The van der Waals surface area contributed by atoms with Crippen molar-refractivity contribution < 1.29 is 18.7 Å². The highest BCUT2D eigenvalue weighted by atomic mass is 19.3. The zero-order valence-corrected chi connectivity index (χ0v) is 9.91. The number of rotatable bonds is 5. The second-order valence-corrected chi connectivity index (χ2v) is 4.20. The zero-order chi connectivity index (χ0) is 13.1. The maximum atomic E-state index is 13.4. The minimum Gasteiger partial charge on any atom is -0.481 e. The van der Waals surface area contributed by atoms with E-state index in [0.29, 0.717) is 5.56 Å². The Hall–Kier alpha value is -1.45. The molecule has 1 rings (SSSR count). The molecule has 0 spiro atoms. The van der Waals surface area contributed by atoms with Crippen molar-refractivity contribution in [3.63, 3.8) is 0 Å². The molecule has 1 unspecified atom stereocenters. The van der Waals surface area contributed by atoms with Gasteiger partial charge in [0.05, 0.1) is 5.92 Å². The average molecular weight is 242 g/mol. The van der Waals surface area contributed by atoms with Gasteiger partial charge in [0.25, 0.3) is 5.92 Å². The van der Waals surface area contributed by atoms with Crippen molar-refractivity contribution in [3.05, 3.63) is 35.4 Å². The Morgan fingerprint density at radius 2 is 2.12 bits per heavy atom. The molecule has 1 aromatic carbocycles. The molecule has 0 bridgehead atoms. The molecule has 0 amide bonds. The van der Waals surface area contributed by atoms with E-state index in [1.165, 1.54) is 19.1 Å². The van der Waals surface area contributed by atoms with Gasteiger partial charge in [-0.25, -0.2) is 8.78 Å². The highest BCUT2D eigenvalue weighted by Gasteiger charge is 2.29. The van der Waals surface area contributed by atoms with Gasteiger partial charge in [-0.15, -0.1) is 0 Å². The van der Waals surface area contributed by atoms with Gasteiger partial charge in [0.2, 0.25) is 0 Å². The van der Waals surface area contributed by atoms with Gasteiger partial charge in [-0.05, 0) is 18.1 Å². The van der Waals surface area contributed by atoms with E-state index in [2.05, 4.69) is 0 Å². The van der Waals surface area contributed by atoms with Crippen molar-refractivity contribution in [1.29, 1.82) is 0 Å². The first-order chi connectivity index (χ1) is 7.86. The van der Waals surface area contributed by atoms with Gasteiger partial charge in [0, 0.05) is 12.0 Å². The molecule has 1 N–H and O–H groups in total. The molecule has 0 heterocycles. The summed E-state index contributed by atoms with van der Waals surface area (Å²) >= 11 is 0. The van der Waals surface area contributed by atoms with Crippen LogP contribution in [-0.2, 0) is 17.1 Å². The number of carboxylic acids is 1. The Bertz CT molecular complexity index is 402. The quantitative estimate of drug-likeness (QED) is 0.858. The Labute approximate surface area is 99.3 Å². The van der Waals surface area contributed by atoms with Gasteiger partial charge in [-0.1, -0.05) is 32.0 Å². The van der Waals surface area contributed by atoms with Gasteiger partial charge in [0.1, 0.15) is 0 Å². The number of halogens is 2. The van der Waals surface area contributed by atoms with Crippen LogP contribution in [-0.4, -0.2) is 11.1 Å². The summed E-state index contributed by atoms with van der Waals surface area (Å²) in [6, 6.07) is 5.98. The van der Waals surface area contributed by atoms with Crippen LogP contribution in [0.3, 0.4) is 0 Å². The highest BCUT2D eigenvalue weighted by Crippen LogP contribution is 2.31. The molecule has 0 aliphatic heterocycles. The lowest BCUT2D eigenvalue weighted by Crippen LogP contribution is -2.14. The van der Waals surface area contributed by atoms with Gasteiger partial charge in [-0.3, -0.25) is 4.79 Å². The van der Waals surface area contributed by atoms with E-state index < -0.39 is 17.8 Å². The Morgan fingerprint density at radius 1 is 1.47 bits per heavy atom. The molecule has 0 radical (unpaired) electrons. The molecule has 0 fully saturated rings. The number of hydrogen-bond donors (Lipinski definition) is 1. The van der Waals surface area contributed by atoms with Crippen molar-refractivity contribution in [2.45, 2.75) is 32.6 Å². The topological polar surface area (TPSA) is 37.3 Å². The van der Waals surface area contributed by atoms with Crippen LogP contribution in [0.15, 0.2) is 24.3 Å². The van der Waals surface area contributed by atoms with Gasteiger partial charge in [0.15, 0.2) is 0 Å². The largest absolute Gasteiger partial charge is 0.481 e. The van der Waals surface area contributed by atoms with E-state index in [1.807, 2.05) is 0 Å². The van der Waals surface area contributed by atoms with Crippen molar-refractivity contribution >= 4 is 5.97 Å². The van der Waals surface area contributed by atoms with E-state index >= 15 is 0 Å². The molecule has 17 heavy (non-hydrogen) atoms. The number of carboxylic acid groups (broad SMARTS) is 1. The zero-order valence-electron chi connectivity index (χ0n) is 9.91. The molecule has 0 aromatic heterocycles. The van der Waals surface area contributed by atoms with E-state index in [-0.39, 0.29) is 18.4 Å². The maximum absolute atomic E-state index is 13.4. The van der Waals surface area contributed by atoms with E-state index in [0.717, 1.165) is 0 Å². The molecule has 0 saturated heterocycles. The molecular formula is C13H16F2O2. The fourth-order valence-electron chi connectivity index (χ4n) is 1.57. The predicted octanol–water partition coefficient (Wildman–Crippen LogP) is 3.45. The Balaban J connectivity index is 2.90. The molecule has 0 aliphatic rings. The lowest BCUT2D eigenvalue weighted by atomic mass is 9.97. The third-order valence-corrected chi connectivity index (χ3v) is 2.76. The van der Waals surface area contributed by atoms with Crippen molar-refractivity contribution in [3.8, 4) is 0 Å². The molecule has 1 aromatic rings. The number of benzene rings is 1. The van der Waals surface area contributed by atoms with Crippen LogP contribution in [0, 0.1) is 5.92 Å². The third-order valence-electron chi connectivity index (χ3n) is 2.76. The first kappa shape index (κ1) is 13.6. The van der Waals surface area contributed by atoms with E-state index in [9.17, 15) is 13.6 Å². The predicted molar refractivity (Wildman–Crippen MR) is 61.1 cm³/mol. The fourth-order valence-corrected chi connectivity index (χ4v) is 1.57. The first-order valence-corrected chi connectivity index (χ1v) is 5.57. The molecule has 2 nitrogen and oxygen atoms in total. The number of alkyl halides is 2. The molecule has 94 valence electrons. The van der Waals surface area contributed by atoms with Crippen LogP contribution >= 0.6 is 0 Å². The average Bonchev–Trinajstić information content (AvgIpc) is 2.29. The summed E-state index contributed by atoms with van der Waals surface area (Å²) in [7, 11) is 0. The highest BCUT2D eigenvalue weighted by molar-refractivity contribution is 5.69. The van der Waals surface area contributed by atoms with Gasteiger partial charge < -0.3 is 5.11 Å². The summed E-state index contributed by atoms with van der Waals surface area (Å²) in [6.45, 7) is 2.99.